The van der Waals surface area contributed by atoms with E-state index >= 15 is 0 Å². The fourth-order valence-electron chi connectivity index (χ4n) is 2.92. The molecule has 0 amide bonds. The number of hydrogen-bond donors (Lipinski definition) is 2. The highest BCUT2D eigenvalue weighted by Crippen LogP contribution is 2.37. The Kier molecular flexibility index (Phi) is 6.89. The number of aliphatic imine (C=N–C) groups is 1. The smallest absolute Gasteiger partial charge is 0.356 e. The number of aromatic nitrogens is 1. The van der Waals surface area contributed by atoms with E-state index in [0.717, 1.165) is 24.3 Å². The van der Waals surface area contributed by atoms with Gasteiger partial charge in [0.15, 0.2) is 5.96 Å². The van der Waals surface area contributed by atoms with Gasteiger partial charge in [-0.15, -0.1) is 11.3 Å². The summed E-state index contributed by atoms with van der Waals surface area (Å²) in [5.74, 6) is -0.639. The van der Waals surface area contributed by atoms with Gasteiger partial charge in [-0.3, -0.25) is 4.99 Å². The van der Waals surface area contributed by atoms with E-state index in [1.165, 1.54) is 4.88 Å². The first kappa shape index (κ1) is 19.0. The Morgan fingerprint density at radius 3 is 2.83 bits per heavy atom. The molecule has 1 aliphatic rings. The predicted octanol–water partition coefficient (Wildman–Crippen LogP) is 3.53. The largest absolute Gasteiger partial charge is 0.391 e. The Balaban J connectivity index is 1.77. The van der Waals surface area contributed by atoms with Crippen molar-refractivity contribution in [3.63, 3.8) is 0 Å². The topological polar surface area (TPSA) is 49.3 Å². The Bertz CT molecular complexity index is 542. The van der Waals surface area contributed by atoms with E-state index < -0.39 is 12.1 Å². The molecule has 0 aromatic carbocycles. The predicted molar refractivity (Wildman–Crippen MR) is 91.5 cm³/mol. The number of alkyl halides is 3. The maximum absolute atomic E-state index is 12.9. The van der Waals surface area contributed by atoms with Crippen LogP contribution in [0.5, 0.6) is 0 Å². The van der Waals surface area contributed by atoms with Crippen molar-refractivity contribution in [1.82, 2.24) is 15.6 Å². The summed E-state index contributed by atoms with van der Waals surface area (Å²) in [7, 11) is 1.64. The highest BCUT2D eigenvalue weighted by atomic mass is 32.1. The van der Waals surface area contributed by atoms with E-state index in [2.05, 4.69) is 27.5 Å². The monoisotopic (exact) mass is 362 g/mol. The quantitative estimate of drug-likeness (QED) is 0.622. The molecule has 0 spiro atoms. The molecular formula is C16H25F3N4S. The van der Waals surface area contributed by atoms with Gasteiger partial charge in [-0.25, -0.2) is 4.98 Å². The number of nitrogens with zero attached hydrogens (tertiary/aromatic N) is 2. The third-order valence-electron chi connectivity index (χ3n) is 4.28. The van der Waals surface area contributed by atoms with Crippen LogP contribution in [0.1, 0.15) is 42.5 Å². The van der Waals surface area contributed by atoms with Gasteiger partial charge in [0.1, 0.15) is 0 Å². The highest BCUT2D eigenvalue weighted by molar-refractivity contribution is 7.11. The van der Waals surface area contributed by atoms with Gasteiger partial charge in [0, 0.05) is 37.1 Å². The molecule has 2 rings (SSSR count). The third-order valence-corrected chi connectivity index (χ3v) is 5.48. The molecule has 4 nitrogen and oxygen atoms in total. The lowest BCUT2D eigenvalue weighted by molar-refractivity contribution is -0.183. The van der Waals surface area contributed by atoms with E-state index in [9.17, 15) is 13.2 Å². The summed E-state index contributed by atoms with van der Waals surface area (Å²) < 4.78 is 38.6. The molecule has 1 aliphatic carbocycles. The maximum Gasteiger partial charge on any atom is 0.391 e. The lowest BCUT2D eigenvalue weighted by atomic mass is 9.85. The first-order chi connectivity index (χ1) is 11.4. The van der Waals surface area contributed by atoms with Gasteiger partial charge in [-0.1, -0.05) is 13.3 Å². The van der Waals surface area contributed by atoms with Gasteiger partial charge in [-0.2, -0.15) is 13.2 Å². The molecule has 0 saturated heterocycles. The summed E-state index contributed by atoms with van der Waals surface area (Å²) in [4.78, 5) is 9.73. The van der Waals surface area contributed by atoms with Crippen molar-refractivity contribution < 1.29 is 13.2 Å². The number of aryl methyl sites for hydroxylation is 1. The van der Waals surface area contributed by atoms with Crippen molar-refractivity contribution in [2.24, 2.45) is 10.9 Å². The molecule has 2 atom stereocenters. The number of rotatable bonds is 5. The van der Waals surface area contributed by atoms with Crippen molar-refractivity contribution in [1.29, 1.82) is 0 Å². The van der Waals surface area contributed by atoms with Crippen molar-refractivity contribution in [3.05, 3.63) is 16.1 Å². The van der Waals surface area contributed by atoms with Crippen LogP contribution in [0.3, 0.4) is 0 Å². The van der Waals surface area contributed by atoms with Crippen LogP contribution in [-0.2, 0) is 12.8 Å². The molecule has 24 heavy (non-hydrogen) atoms. The van der Waals surface area contributed by atoms with E-state index in [4.69, 9.17) is 0 Å². The average molecular weight is 362 g/mol. The normalized spacial score (nSPS) is 22.5. The minimum absolute atomic E-state index is 0.122. The Hall–Kier alpha value is -1.31. The van der Waals surface area contributed by atoms with Crippen LogP contribution in [0.25, 0.3) is 0 Å². The van der Waals surface area contributed by atoms with Crippen molar-refractivity contribution in [3.8, 4) is 0 Å². The second-order valence-corrected chi connectivity index (χ2v) is 7.27. The Labute approximate surface area is 145 Å². The number of halogens is 3. The van der Waals surface area contributed by atoms with E-state index in [1.807, 2.05) is 6.20 Å². The summed E-state index contributed by atoms with van der Waals surface area (Å²) in [6, 6.07) is -0.178. The number of hydrogen-bond acceptors (Lipinski definition) is 3. The zero-order valence-corrected chi connectivity index (χ0v) is 14.9. The minimum atomic E-state index is -4.10. The number of nitrogens with one attached hydrogen (secondary N) is 2. The molecule has 8 heteroatoms. The van der Waals surface area contributed by atoms with Crippen LogP contribution in [0.4, 0.5) is 13.2 Å². The maximum atomic E-state index is 12.9. The molecule has 1 heterocycles. The molecule has 0 bridgehead atoms. The second-order valence-electron chi connectivity index (χ2n) is 6.07. The van der Waals surface area contributed by atoms with Gasteiger partial charge < -0.3 is 10.6 Å². The zero-order valence-electron chi connectivity index (χ0n) is 14.1. The van der Waals surface area contributed by atoms with Crippen LogP contribution in [-0.4, -0.2) is 36.8 Å². The van der Waals surface area contributed by atoms with E-state index in [1.54, 1.807) is 18.4 Å². The summed E-state index contributed by atoms with van der Waals surface area (Å²) in [5, 5.41) is 7.36. The van der Waals surface area contributed by atoms with Crippen LogP contribution < -0.4 is 10.6 Å². The molecule has 0 aliphatic heterocycles. The van der Waals surface area contributed by atoms with Gasteiger partial charge in [0.25, 0.3) is 0 Å². The lowest BCUT2D eigenvalue weighted by Gasteiger charge is -2.31. The number of guanidine groups is 1. The SMILES string of the molecule is CCc1cnc(CCNC(=NC)NC2CCCC(C(F)(F)F)C2)s1. The third kappa shape index (κ3) is 5.65. The van der Waals surface area contributed by atoms with Gasteiger partial charge >= 0.3 is 6.18 Å². The first-order valence-corrected chi connectivity index (χ1v) is 9.21. The molecular weight excluding hydrogens is 337 g/mol. The fraction of sp³-hybridized carbons (Fsp3) is 0.750. The van der Waals surface area contributed by atoms with Crippen molar-refractivity contribution >= 4 is 17.3 Å². The van der Waals surface area contributed by atoms with Crippen molar-refractivity contribution in [2.75, 3.05) is 13.6 Å². The Morgan fingerprint density at radius 2 is 2.21 bits per heavy atom. The molecule has 2 unspecified atom stereocenters. The molecule has 2 N–H and O–H groups in total. The summed E-state index contributed by atoms with van der Waals surface area (Å²) >= 11 is 1.69. The molecule has 1 aromatic heterocycles. The Morgan fingerprint density at radius 1 is 1.42 bits per heavy atom. The van der Waals surface area contributed by atoms with Gasteiger partial charge in [0.05, 0.1) is 10.9 Å². The fourth-order valence-corrected chi connectivity index (χ4v) is 3.78. The molecule has 1 fully saturated rings. The van der Waals surface area contributed by atoms with Crippen LogP contribution in [0.2, 0.25) is 0 Å². The van der Waals surface area contributed by atoms with Crippen LogP contribution in [0.15, 0.2) is 11.2 Å². The van der Waals surface area contributed by atoms with Crippen LogP contribution in [0, 0.1) is 5.92 Å². The highest BCUT2D eigenvalue weighted by Gasteiger charge is 2.42. The van der Waals surface area contributed by atoms with E-state index in [0.29, 0.717) is 18.9 Å². The average Bonchev–Trinajstić information content (AvgIpc) is 3.01. The molecule has 1 saturated carbocycles. The minimum Gasteiger partial charge on any atom is -0.356 e. The standard InChI is InChI=1S/C16H25F3N4S/c1-3-13-10-22-14(24-13)7-8-21-15(20-2)23-12-6-4-5-11(9-12)16(17,18)19/h10-12H,3-9H2,1-2H3,(H2,20,21,23). The van der Waals surface area contributed by atoms with Crippen LogP contribution >= 0.6 is 11.3 Å². The lowest BCUT2D eigenvalue weighted by Crippen LogP contribution is -2.47. The van der Waals surface area contributed by atoms with Crippen molar-refractivity contribution in [2.45, 2.75) is 57.7 Å². The van der Waals surface area contributed by atoms with Gasteiger partial charge in [0.2, 0.25) is 0 Å². The van der Waals surface area contributed by atoms with Gasteiger partial charge in [-0.05, 0) is 25.7 Å². The molecule has 0 radical (unpaired) electrons. The second kappa shape index (κ2) is 8.69. The molecule has 1 aromatic rings. The summed E-state index contributed by atoms with van der Waals surface area (Å²) in [6.07, 6.45) is 1.26. The summed E-state index contributed by atoms with van der Waals surface area (Å²) in [5.41, 5.74) is 0. The summed E-state index contributed by atoms with van der Waals surface area (Å²) in [6.45, 7) is 2.76. The first-order valence-electron chi connectivity index (χ1n) is 8.39. The zero-order chi connectivity index (χ0) is 17.6. The van der Waals surface area contributed by atoms with E-state index in [-0.39, 0.29) is 18.9 Å². The number of thiazole rings is 1. The molecule has 136 valence electrons.